The first-order valence-electron chi connectivity index (χ1n) is 4.98. The minimum atomic E-state index is 0.0921. The molecule has 0 radical (unpaired) electrons. The van der Waals surface area contributed by atoms with Crippen LogP contribution in [0.3, 0.4) is 0 Å². The highest BCUT2D eigenvalue weighted by Gasteiger charge is 2.05. The zero-order valence-corrected chi connectivity index (χ0v) is 8.97. The van der Waals surface area contributed by atoms with Crippen LogP contribution in [0.15, 0.2) is 11.6 Å². The van der Waals surface area contributed by atoms with Gasteiger partial charge in [-0.15, -0.1) is 0 Å². The Morgan fingerprint density at radius 2 is 2.43 bits per heavy atom. The molecule has 1 rings (SSSR count). The quantitative estimate of drug-likeness (QED) is 0.602. The summed E-state index contributed by atoms with van der Waals surface area (Å²) in [6.45, 7) is 3.12. The monoisotopic (exact) mass is 197 g/mol. The first-order chi connectivity index (χ1) is 6.68. The molecule has 0 saturated heterocycles. The molecule has 1 heterocycles. The molecule has 4 heteroatoms. The van der Waals surface area contributed by atoms with Gasteiger partial charge in [0.15, 0.2) is 0 Å². The van der Waals surface area contributed by atoms with Crippen molar-refractivity contribution in [1.82, 2.24) is 15.5 Å². The maximum atomic E-state index is 11.3. The van der Waals surface area contributed by atoms with Gasteiger partial charge in [0.05, 0.1) is 6.54 Å². The third-order valence-electron chi connectivity index (χ3n) is 2.13. The van der Waals surface area contributed by atoms with Crippen LogP contribution in [0.4, 0.5) is 0 Å². The molecule has 0 fully saturated rings. The number of carbonyl (C=O) groups excluding carboxylic acids is 1. The molecule has 0 saturated carbocycles. The minimum Gasteiger partial charge on any atom is -0.351 e. The number of carbonyl (C=O) groups is 1. The van der Waals surface area contributed by atoms with Crippen molar-refractivity contribution in [3.63, 3.8) is 0 Å². The normalized spacial score (nSPS) is 16.6. The lowest BCUT2D eigenvalue weighted by molar-refractivity contribution is -0.121. The summed E-state index contributed by atoms with van der Waals surface area (Å²) in [6, 6.07) is 0. The fraction of sp³-hybridized carbons (Fsp3) is 0.700. The lowest BCUT2D eigenvalue weighted by atomic mass is 10.1. The lowest BCUT2D eigenvalue weighted by Gasteiger charge is -2.15. The highest BCUT2D eigenvalue weighted by molar-refractivity contribution is 5.78. The van der Waals surface area contributed by atoms with Gasteiger partial charge in [0.1, 0.15) is 0 Å². The van der Waals surface area contributed by atoms with Crippen LogP contribution < -0.4 is 10.6 Å². The van der Waals surface area contributed by atoms with Crippen molar-refractivity contribution in [3.05, 3.63) is 11.6 Å². The largest absolute Gasteiger partial charge is 0.351 e. The van der Waals surface area contributed by atoms with E-state index >= 15 is 0 Å². The van der Waals surface area contributed by atoms with Gasteiger partial charge in [0, 0.05) is 13.1 Å². The average Bonchev–Trinajstić information content (AvgIpc) is 2.15. The highest BCUT2D eigenvalue weighted by Crippen LogP contribution is 2.01. The van der Waals surface area contributed by atoms with Crippen molar-refractivity contribution < 1.29 is 4.79 Å². The van der Waals surface area contributed by atoms with E-state index in [1.807, 2.05) is 19.0 Å². The second-order valence-electron chi connectivity index (χ2n) is 3.83. The molecule has 4 nitrogen and oxygen atoms in total. The van der Waals surface area contributed by atoms with Gasteiger partial charge in [0.25, 0.3) is 0 Å². The van der Waals surface area contributed by atoms with Crippen molar-refractivity contribution in [3.8, 4) is 0 Å². The van der Waals surface area contributed by atoms with Gasteiger partial charge in [0.2, 0.25) is 5.91 Å². The van der Waals surface area contributed by atoms with E-state index in [0.717, 1.165) is 19.5 Å². The minimum absolute atomic E-state index is 0.0921. The Labute approximate surface area is 85.3 Å². The summed E-state index contributed by atoms with van der Waals surface area (Å²) in [7, 11) is 3.78. The van der Waals surface area contributed by atoms with Crippen LogP contribution in [0.25, 0.3) is 0 Å². The van der Waals surface area contributed by atoms with Crippen molar-refractivity contribution in [2.24, 2.45) is 0 Å². The van der Waals surface area contributed by atoms with Gasteiger partial charge in [-0.3, -0.25) is 4.79 Å². The number of rotatable bonds is 4. The van der Waals surface area contributed by atoms with E-state index in [1.165, 1.54) is 5.57 Å². The Hall–Kier alpha value is -0.870. The first kappa shape index (κ1) is 11.2. The Bertz CT molecular complexity index is 223. The third-order valence-corrected chi connectivity index (χ3v) is 2.13. The molecule has 0 aromatic heterocycles. The maximum Gasteiger partial charge on any atom is 0.234 e. The van der Waals surface area contributed by atoms with E-state index < -0.39 is 0 Å². The zero-order chi connectivity index (χ0) is 10.4. The predicted molar refractivity (Wildman–Crippen MR) is 57.1 cm³/mol. The molecular formula is C10H19N3O. The van der Waals surface area contributed by atoms with Crippen LogP contribution in [-0.4, -0.2) is 51.1 Å². The second kappa shape index (κ2) is 5.78. The molecule has 1 aliphatic rings. The number of hydrogen-bond donors (Lipinski definition) is 2. The van der Waals surface area contributed by atoms with E-state index in [1.54, 1.807) is 0 Å². The van der Waals surface area contributed by atoms with Crippen LogP contribution in [-0.2, 0) is 4.79 Å². The Kier molecular flexibility index (Phi) is 4.62. The van der Waals surface area contributed by atoms with E-state index in [2.05, 4.69) is 16.7 Å². The summed E-state index contributed by atoms with van der Waals surface area (Å²) in [5, 5.41) is 6.14. The van der Waals surface area contributed by atoms with Gasteiger partial charge < -0.3 is 15.5 Å². The van der Waals surface area contributed by atoms with Gasteiger partial charge in [-0.05, 0) is 27.1 Å². The van der Waals surface area contributed by atoms with Gasteiger partial charge >= 0.3 is 0 Å². The standard InChI is InChI=1S/C10H19N3O/c1-13(2)8-10(14)12-7-9-3-5-11-6-4-9/h3,11H,4-8H2,1-2H3,(H,12,14). The summed E-state index contributed by atoms with van der Waals surface area (Å²) in [5.74, 6) is 0.0921. The van der Waals surface area contributed by atoms with Crippen molar-refractivity contribution >= 4 is 5.91 Å². The molecule has 0 unspecified atom stereocenters. The average molecular weight is 197 g/mol. The topological polar surface area (TPSA) is 44.4 Å². The van der Waals surface area contributed by atoms with Crippen LogP contribution in [0, 0.1) is 0 Å². The fourth-order valence-corrected chi connectivity index (χ4v) is 1.39. The van der Waals surface area contributed by atoms with E-state index in [0.29, 0.717) is 13.1 Å². The smallest absolute Gasteiger partial charge is 0.234 e. The maximum absolute atomic E-state index is 11.3. The number of nitrogens with one attached hydrogen (secondary N) is 2. The number of amides is 1. The summed E-state index contributed by atoms with van der Waals surface area (Å²) in [4.78, 5) is 13.2. The third kappa shape index (κ3) is 4.39. The van der Waals surface area contributed by atoms with Crippen LogP contribution in [0.2, 0.25) is 0 Å². The molecule has 0 aromatic carbocycles. The summed E-state index contributed by atoms with van der Waals surface area (Å²) in [6.07, 6.45) is 3.20. The zero-order valence-electron chi connectivity index (χ0n) is 8.97. The molecule has 0 atom stereocenters. The molecular weight excluding hydrogens is 178 g/mol. The van der Waals surface area contributed by atoms with Crippen LogP contribution >= 0.6 is 0 Å². The number of likely N-dealkylation sites (N-methyl/N-ethyl adjacent to an activating group) is 1. The lowest BCUT2D eigenvalue weighted by Crippen LogP contribution is -2.35. The molecule has 80 valence electrons. The highest BCUT2D eigenvalue weighted by atomic mass is 16.1. The molecule has 2 N–H and O–H groups in total. The summed E-state index contributed by atoms with van der Waals surface area (Å²) >= 11 is 0. The van der Waals surface area contributed by atoms with Crippen LogP contribution in [0.5, 0.6) is 0 Å². The van der Waals surface area contributed by atoms with Crippen molar-refractivity contribution in [2.75, 3.05) is 40.3 Å². The van der Waals surface area contributed by atoms with Crippen molar-refractivity contribution in [2.45, 2.75) is 6.42 Å². The molecule has 0 bridgehead atoms. The number of nitrogens with zero attached hydrogens (tertiary/aromatic N) is 1. The molecule has 1 amide bonds. The molecule has 0 spiro atoms. The Morgan fingerprint density at radius 3 is 3.00 bits per heavy atom. The number of hydrogen-bond acceptors (Lipinski definition) is 3. The molecule has 0 aliphatic carbocycles. The fourth-order valence-electron chi connectivity index (χ4n) is 1.39. The van der Waals surface area contributed by atoms with Crippen LogP contribution in [0.1, 0.15) is 6.42 Å². The van der Waals surface area contributed by atoms with Crippen molar-refractivity contribution in [1.29, 1.82) is 0 Å². The summed E-state index contributed by atoms with van der Waals surface area (Å²) in [5.41, 5.74) is 1.33. The molecule has 1 aliphatic heterocycles. The molecule has 0 aromatic rings. The van der Waals surface area contributed by atoms with E-state index in [9.17, 15) is 4.79 Å². The first-order valence-corrected chi connectivity index (χ1v) is 4.98. The molecule has 14 heavy (non-hydrogen) atoms. The van der Waals surface area contributed by atoms with Gasteiger partial charge in [-0.25, -0.2) is 0 Å². The van der Waals surface area contributed by atoms with E-state index in [-0.39, 0.29) is 5.91 Å². The summed E-state index contributed by atoms with van der Waals surface area (Å²) < 4.78 is 0. The SMILES string of the molecule is CN(C)CC(=O)NCC1=CCNCC1. The Morgan fingerprint density at radius 1 is 1.64 bits per heavy atom. The van der Waals surface area contributed by atoms with E-state index in [4.69, 9.17) is 0 Å². The predicted octanol–water partition coefficient (Wildman–Crippen LogP) is -0.416. The Balaban J connectivity index is 2.19. The second-order valence-corrected chi connectivity index (χ2v) is 3.83. The van der Waals surface area contributed by atoms with Gasteiger partial charge in [-0.2, -0.15) is 0 Å². The van der Waals surface area contributed by atoms with Gasteiger partial charge in [-0.1, -0.05) is 11.6 Å².